The van der Waals surface area contributed by atoms with Crippen molar-refractivity contribution in [2.75, 3.05) is 31.6 Å². The van der Waals surface area contributed by atoms with Crippen LogP contribution in [0.5, 0.6) is 0 Å². The maximum Gasteiger partial charge on any atom is 0.324 e. The molecule has 8 heteroatoms. The van der Waals surface area contributed by atoms with Gasteiger partial charge >= 0.3 is 5.97 Å². The van der Waals surface area contributed by atoms with Crippen LogP contribution in [-0.4, -0.2) is 43.7 Å². The second-order valence-corrected chi connectivity index (χ2v) is 8.85. The summed E-state index contributed by atoms with van der Waals surface area (Å²) < 4.78 is 4.88. The minimum atomic E-state index is -0.338. The highest BCUT2D eigenvalue weighted by Crippen LogP contribution is 2.37. The number of hydrogen-bond donors (Lipinski definition) is 1. The molecule has 0 amide bonds. The Balaban J connectivity index is 0.00000145. The van der Waals surface area contributed by atoms with Crippen LogP contribution in [0.3, 0.4) is 0 Å². The van der Waals surface area contributed by atoms with Crippen LogP contribution in [0.25, 0.3) is 11.3 Å². The van der Waals surface area contributed by atoms with E-state index in [4.69, 9.17) is 32.9 Å². The Morgan fingerprint density at radius 1 is 1.34 bits per heavy atom. The molecular weight excluding hydrogens is 429 g/mol. The number of anilines is 1. The number of carbonyl (C=O) groups is 1. The van der Waals surface area contributed by atoms with Crippen LogP contribution < -0.4 is 10.2 Å². The molecule has 29 heavy (non-hydrogen) atoms. The summed E-state index contributed by atoms with van der Waals surface area (Å²) in [6.45, 7) is 10.4. The molecule has 1 unspecified atom stereocenters. The summed E-state index contributed by atoms with van der Waals surface area (Å²) in [7, 11) is 1.41. The van der Waals surface area contributed by atoms with Crippen molar-refractivity contribution in [3.63, 3.8) is 0 Å². The predicted molar refractivity (Wildman–Crippen MR) is 123 cm³/mol. The van der Waals surface area contributed by atoms with Gasteiger partial charge in [0.1, 0.15) is 6.04 Å². The third kappa shape index (κ3) is 6.07. The average molecular weight is 458 g/mol. The van der Waals surface area contributed by atoms with Crippen LogP contribution in [0, 0.1) is 5.92 Å². The lowest BCUT2D eigenvalue weighted by molar-refractivity contribution is -0.143. The van der Waals surface area contributed by atoms with Gasteiger partial charge in [-0.25, -0.2) is 4.98 Å². The molecule has 1 aliphatic heterocycles. The molecule has 5 nitrogen and oxygen atoms in total. The lowest BCUT2D eigenvalue weighted by Crippen LogP contribution is -2.54. The van der Waals surface area contributed by atoms with Crippen molar-refractivity contribution in [2.24, 2.45) is 5.92 Å². The Bertz CT molecular complexity index is 826. The van der Waals surface area contributed by atoms with Gasteiger partial charge in [0.2, 0.25) is 0 Å². The molecule has 0 bridgehead atoms. The molecule has 1 aromatic heterocycles. The maximum absolute atomic E-state index is 11.9. The van der Waals surface area contributed by atoms with E-state index in [1.165, 1.54) is 12.0 Å². The number of ether oxygens (including phenoxy) is 1. The van der Waals surface area contributed by atoms with Gasteiger partial charge in [-0.1, -0.05) is 57.0 Å². The van der Waals surface area contributed by atoms with Crippen molar-refractivity contribution in [1.29, 1.82) is 0 Å². The van der Waals surface area contributed by atoms with Crippen molar-refractivity contribution >= 4 is 45.6 Å². The number of carbonyl (C=O) groups excluding carboxylic acids is 1. The monoisotopic (exact) mass is 457 g/mol. The molecule has 1 aromatic carbocycles. The van der Waals surface area contributed by atoms with Crippen LogP contribution in [0.2, 0.25) is 10.0 Å². The summed E-state index contributed by atoms with van der Waals surface area (Å²) in [5.74, 6) is 0.258. The van der Waals surface area contributed by atoms with E-state index in [2.05, 4.69) is 24.1 Å². The highest BCUT2D eigenvalue weighted by atomic mass is 35.5. The van der Waals surface area contributed by atoms with Crippen LogP contribution in [0.4, 0.5) is 5.13 Å². The Morgan fingerprint density at radius 3 is 2.69 bits per heavy atom. The molecule has 2 aromatic rings. The molecular formula is C21H29Cl2N3O2S. The SMILES string of the molecule is CC.COC(=O)C1CN(c2nc(-c3ccc(Cl)c(Cl)c3)c(CC(C)C)s2)CCN1. The molecule has 1 aliphatic rings. The van der Waals surface area contributed by atoms with Crippen molar-refractivity contribution < 1.29 is 9.53 Å². The number of methoxy groups -OCH3 is 1. The van der Waals surface area contributed by atoms with Gasteiger partial charge in [-0.3, -0.25) is 4.79 Å². The van der Waals surface area contributed by atoms with E-state index in [1.807, 2.05) is 26.0 Å². The van der Waals surface area contributed by atoms with E-state index in [0.29, 0.717) is 29.1 Å². The molecule has 1 saturated heterocycles. The lowest BCUT2D eigenvalue weighted by atomic mass is 10.0. The summed E-state index contributed by atoms with van der Waals surface area (Å²) in [4.78, 5) is 20.2. The van der Waals surface area contributed by atoms with Gasteiger partial charge in [-0.15, -0.1) is 11.3 Å². The first-order valence-corrected chi connectivity index (χ1v) is 11.5. The Labute approximate surface area is 187 Å². The fourth-order valence-electron chi connectivity index (χ4n) is 3.08. The minimum absolute atomic E-state index is 0.247. The predicted octanol–water partition coefficient (Wildman–Crippen LogP) is 5.29. The van der Waals surface area contributed by atoms with Crippen LogP contribution in [0.15, 0.2) is 18.2 Å². The van der Waals surface area contributed by atoms with Gasteiger partial charge in [0.15, 0.2) is 5.13 Å². The zero-order valence-electron chi connectivity index (χ0n) is 17.6. The molecule has 3 rings (SSSR count). The zero-order valence-corrected chi connectivity index (χ0v) is 19.9. The fraction of sp³-hybridized carbons (Fsp3) is 0.524. The third-order valence-electron chi connectivity index (χ3n) is 4.40. The van der Waals surface area contributed by atoms with E-state index in [1.54, 1.807) is 17.4 Å². The Hall–Kier alpha value is -1.34. The highest BCUT2D eigenvalue weighted by molar-refractivity contribution is 7.16. The largest absolute Gasteiger partial charge is 0.468 e. The van der Waals surface area contributed by atoms with Gasteiger partial charge in [-0.2, -0.15) is 0 Å². The smallest absolute Gasteiger partial charge is 0.324 e. The van der Waals surface area contributed by atoms with Gasteiger partial charge in [0.25, 0.3) is 0 Å². The number of nitrogens with one attached hydrogen (secondary N) is 1. The van der Waals surface area contributed by atoms with Crippen molar-refractivity contribution in [1.82, 2.24) is 10.3 Å². The van der Waals surface area contributed by atoms with Crippen molar-refractivity contribution in [3.8, 4) is 11.3 Å². The third-order valence-corrected chi connectivity index (χ3v) is 6.28. The first kappa shape index (κ1) is 23.9. The molecule has 1 atom stereocenters. The van der Waals surface area contributed by atoms with E-state index in [-0.39, 0.29) is 12.0 Å². The standard InChI is InChI=1S/C19H23Cl2N3O2S.C2H6/c1-11(2)8-16-17(12-4-5-13(20)14(21)9-12)23-19(27-16)24-7-6-22-15(10-24)18(25)26-3;1-2/h4-5,9,11,15,22H,6-8,10H2,1-3H3;1-2H3. The summed E-state index contributed by atoms with van der Waals surface area (Å²) in [5.41, 5.74) is 1.90. The number of halogens is 2. The fourth-order valence-corrected chi connectivity index (χ4v) is 4.70. The van der Waals surface area contributed by atoms with E-state index < -0.39 is 0 Å². The van der Waals surface area contributed by atoms with E-state index >= 15 is 0 Å². The minimum Gasteiger partial charge on any atom is -0.468 e. The highest BCUT2D eigenvalue weighted by Gasteiger charge is 2.28. The first-order chi connectivity index (χ1) is 13.9. The molecule has 160 valence electrons. The molecule has 1 fully saturated rings. The number of piperazine rings is 1. The molecule has 2 heterocycles. The zero-order chi connectivity index (χ0) is 21.6. The quantitative estimate of drug-likeness (QED) is 0.617. The number of benzene rings is 1. The lowest BCUT2D eigenvalue weighted by Gasteiger charge is -2.31. The number of nitrogens with zero attached hydrogens (tertiary/aromatic N) is 2. The topological polar surface area (TPSA) is 54.5 Å². The van der Waals surface area contributed by atoms with E-state index in [0.717, 1.165) is 29.4 Å². The van der Waals surface area contributed by atoms with Crippen LogP contribution >= 0.6 is 34.5 Å². The number of esters is 1. The maximum atomic E-state index is 11.9. The van der Waals surface area contributed by atoms with Gasteiger partial charge in [0.05, 0.1) is 22.8 Å². The molecule has 1 N–H and O–H groups in total. The second-order valence-electron chi connectivity index (χ2n) is 6.97. The van der Waals surface area contributed by atoms with Crippen molar-refractivity contribution in [3.05, 3.63) is 33.1 Å². The average Bonchev–Trinajstić information content (AvgIpc) is 3.14. The molecule has 0 radical (unpaired) electrons. The second kappa shape index (κ2) is 11.2. The number of rotatable bonds is 5. The molecule has 0 aliphatic carbocycles. The Kier molecular flexibility index (Phi) is 9.21. The summed E-state index contributed by atoms with van der Waals surface area (Å²) in [6.07, 6.45) is 0.930. The van der Waals surface area contributed by atoms with Gasteiger partial charge in [-0.05, 0) is 24.5 Å². The number of aromatic nitrogens is 1. The Morgan fingerprint density at radius 2 is 2.07 bits per heavy atom. The summed E-state index contributed by atoms with van der Waals surface area (Å²) in [6, 6.07) is 5.28. The molecule has 0 saturated carbocycles. The molecule has 0 spiro atoms. The normalized spacial score (nSPS) is 16.4. The summed E-state index contributed by atoms with van der Waals surface area (Å²) >= 11 is 14.0. The van der Waals surface area contributed by atoms with Crippen LogP contribution in [-0.2, 0) is 16.0 Å². The number of thiazole rings is 1. The van der Waals surface area contributed by atoms with Gasteiger partial charge < -0.3 is 15.0 Å². The first-order valence-electron chi connectivity index (χ1n) is 9.90. The van der Waals surface area contributed by atoms with Crippen molar-refractivity contribution in [2.45, 2.75) is 40.2 Å². The van der Waals surface area contributed by atoms with Crippen LogP contribution in [0.1, 0.15) is 32.6 Å². The number of hydrogen-bond acceptors (Lipinski definition) is 6. The summed E-state index contributed by atoms with van der Waals surface area (Å²) in [5, 5.41) is 5.17. The van der Waals surface area contributed by atoms with Gasteiger partial charge in [0, 0.05) is 30.1 Å². The van der Waals surface area contributed by atoms with E-state index in [9.17, 15) is 4.79 Å².